The highest BCUT2D eigenvalue weighted by molar-refractivity contribution is 5.75. The smallest absolute Gasteiger partial charge is 0.221 e. The molecule has 0 aliphatic carbocycles. The summed E-state index contributed by atoms with van der Waals surface area (Å²) < 4.78 is 1.63. The van der Waals surface area contributed by atoms with Crippen molar-refractivity contribution >= 4 is 5.91 Å². The Kier molecular flexibility index (Phi) is 6.24. The van der Waals surface area contributed by atoms with Crippen molar-refractivity contribution in [2.24, 2.45) is 5.92 Å². The molecule has 0 radical (unpaired) electrons. The van der Waals surface area contributed by atoms with Gasteiger partial charge in [-0.25, -0.2) is 0 Å². The number of nitrogens with one attached hydrogen (secondary N) is 1. The van der Waals surface area contributed by atoms with Crippen molar-refractivity contribution in [3.05, 3.63) is 12.4 Å². The number of aromatic nitrogens is 3. The molecule has 96 valence electrons. The second-order valence-corrected chi connectivity index (χ2v) is 4.20. The lowest BCUT2D eigenvalue weighted by atomic mass is 10.1. The lowest BCUT2D eigenvalue weighted by Crippen LogP contribution is -2.26. The number of hydrogen-bond acceptors (Lipinski definition) is 4. The minimum Gasteiger partial charge on any atom is -0.396 e. The predicted octanol–water partition coefficient (Wildman–Crippen LogP) is 0.193. The first-order valence-electron chi connectivity index (χ1n) is 5.94. The molecule has 0 aromatic carbocycles. The minimum atomic E-state index is 0.0251. The standard InChI is InChI=1S/C11H20N4O2/c1-10(9-16)3-2-5-12-11(17)4-7-15-8-6-13-14-15/h6,8,10,16H,2-5,7,9H2,1H3,(H,12,17). The van der Waals surface area contributed by atoms with Crippen LogP contribution in [0.5, 0.6) is 0 Å². The molecular weight excluding hydrogens is 220 g/mol. The summed E-state index contributed by atoms with van der Waals surface area (Å²) in [7, 11) is 0. The van der Waals surface area contributed by atoms with Crippen LogP contribution in [0.4, 0.5) is 0 Å². The van der Waals surface area contributed by atoms with Gasteiger partial charge >= 0.3 is 0 Å². The Morgan fingerprint density at radius 1 is 1.59 bits per heavy atom. The zero-order chi connectivity index (χ0) is 12.5. The van der Waals surface area contributed by atoms with Crippen LogP contribution in [0.1, 0.15) is 26.2 Å². The lowest BCUT2D eigenvalue weighted by Gasteiger charge is -2.08. The van der Waals surface area contributed by atoms with Crippen LogP contribution in [0.2, 0.25) is 0 Å². The van der Waals surface area contributed by atoms with Gasteiger partial charge in [0.05, 0.1) is 12.7 Å². The van der Waals surface area contributed by atoms with E-state index in [1.54, 1.807) is 17.1 Å². The first-order chi connectivity index (χ1) is 8.22. The molecule has 17 heavy (non-hydrogen) atoms. The SMILES string of the molecule is CC(CO)CCCNC(=O)CCn1ccnn1. The van der Waals surface area contributed by atoms with Crippen LogP contribution in [0.25, 0.3) is 0 Å². The number of carbonyl (C=O) groups excluding carboxylic acids is 1. The first kappa shape index (κ1) is 13.6. The number of hydrogen-bond donors (Lipinski definition) is 2. The summed E-state index contributed by atoms with van der Waals surface area (Å²) in [5.74, 6) is 0.333. The quantitative estimate of drug-likeness (QED) is 0.636. The van der Waals surface area contributed by atoms with E-state index in [2.05, 4.69) is 15.6 Å². The van der Waals surface area contributed by atoms with Gasteiger partial charge in [-0.05, 0) is 18.8 Å². The summed E-state index contributed by atoms with van der Waals surface area (Å²) in [4.78, 5) is 11.4. The van der Waals surface area contributed by atoms with Crippen LogP contribution in [0.3, 0.4) is 0 Å². The molecular formula is C11H20N4O2. The third-order valence-corrected chi connectivity index (χ3v) is 2.55. The van der Waals surface area contributed by atoms with Gasteiger partial charge in [0.2, 0.25) is 5.91 Å². The second kappa shape index (κ2) is 7.78. The number of amides is 1. The Hall–Kier alpha value is -1.43. The predicted molar refractivity (Wildman–Crippen MR) is 63.1 cm³/mol. The molecule has 0 aliphatic heterocycles. The molecule has 1 rings (SSSR count). The van der Waals surface area contributed by atoms with E-state index in [1.165, 1.54) is 0 Å². The van der Waals surface area contributed by atoms with E-state index >= 15 is 0 Å². The molecule has 1 heterocycles. The van der Waals surface area contributed by atoms with E-state index in [1.807, 2.05) is 6.92 Å². The third-order valence-electron chi connectivity index (χ3n) is 2.55. The van der Waals surface area contributed by atoms with Crippen molar-refractivity contribution in [3.63, 3.8) is 0 Å². The zero-order valence-electron chi connectivity index (χ0n) is 10.2. The van der Waals surface area contributed by atoms with Gasteiger partial charge < -0.3 is 10.4 Å². The molecule has 2 N–H and O–H groups in total. The number of nitrogens with zero attached hydrogens (tertiary/aromatic N) is 3. The lowest BCUT2D eigenvalue weighted by molar-refractivity contribution is -0.121. The second-order valence-electron chi connectivity index (χ2n) is 4.20. The van der Waals surface area contributed by atoms with Crippen molar-refractivity contribution in [1.29, 1.82) is 0 Å². The highest BCUT2D eigenvalue weighted by Gasteiger charge is 2.03. The molecule has 0 saturated heterocycles. The number of aliphatic hydroxyl groups excluding tert-OH is 1. The molecule has 1 atom stereocenters. The Balaban J connectivity index is 2.02. The van der Waals surface area contributed by atoms with Gasteiger partial charge in [-0.3, -0.25) is 9.48 Å². The van der Waals surface area contributed by atoms with Gasteiger partial charge in [0.15, 0.2) is 0 Å². The maximum absolute atomic E-state index is 11.4. The van der Waals surface area contributed by atoms with Crippen molar-refractivity contribution in [2.75, 3.05) is 13.2 Å². The molecule has 0 fully saturated rings. The highest BCUT2D eigenvalue weighted by Crippen LogP contribution is 2.02. The van der Waals surface area contributed by atoms with Crippen LogP contribution in [0, 0.1) is 5.92 Å². The zero-order valence-corrected chi connectivity index (χ0v) is 10.2. The molecule has 0 aliphatic rings. The van der Waals surface area contributed by atoms with Crippen LogP contribution >= 0.6 is 0 Å². The average Bonchev–Trinajstić information content (AvgIpc) is 2.84. The molecule has 6 heteroatoms. The fourth-order valence-electron chi connectivity index (χ4n) is 1.43. The maximum Gasteiger partial charge on any atom is 0.221 e. The molecule has 1 amide bonds. The molecule has 1 aromatic heterocycles. The summed E-state index contributed by atoms with van der Waals surface area (Å²) in [5, 5.41) is 19.1. The van der Waals surface area contributed by atoms with E-state index in [-0.39, 0.29) is 12.5 Å². The van der Waals surface area contributed by atoms with E-state index in [0.29, 0.717) is 25.4 Å². The van der Waals surface area contributed by atoms with Gasteiger partial charge in [-0.15, -0.1) is 5.10 Å². The molecule has 6 nitrogen and oxygen atoms in total. The molecule has 1 unspecified atom stereocenters. The van der Waals surface area contributed by atoms with Crippen LogP contribution in [0.15, 0.2) is 12.4 Å². The van der Waals surface area contributed by atoms with Crippen LogP contribution in [-0.4, -0.2) is 39.2 Å². The largest absolute Gasteiger partial charge is 0.396 e. The summed E-state index contributed by atoms with van der Waals surface area (Å²) >= 11 is 0. The fraction of sp³-hybridized carbons (Fsp3) is 0.727. The number of carbonyl (C=O) groups is 1. The first-order valence-corrected chi connectivity index (χ1v) is 5.94. The number of rotatable bonds is 8. The van der Waals surface area contributed by atoms with Gasteiger partial charge in [0.25, 0.3) is 0 Å². The van der Waals surface area contributed by atoms with Gasteiger partial charge in [-0.2, -0.15) is 0 Å². The third kappa shape index (κ3) is 6.01. The van der Waals surface area contributed by atoms with Gasteiger partial charge in [0, 0.05) is 25.8 Å². The summed E-state index contributed by atoms with van der Waals surface area (Å²) in [6.07, 6.45) is 5.57. The van der Waals surface area contributed by atoms with E-state index in [4.69, 9.17) is 5.11 Å². The van der Waals surface area contributed by atoms with E-state index in [0.717, 1.165) is 12.8 Å². The average molecular weight is 240 g/mol. The highest BCUT2D eigenvalue weighted by atomic mass is 16.3. The summed E-state index contributed by atoms with van der Waals surface area (Å²) in [6, 6.07) is 0. The molecule has 0 saturated carbocycles. The van der Waals surface area contributed by atoms with Crippen molar-refractivity contribution in [2.45, 2.75) is 32.7 Å². The molecule has 0 spiro atoms. The van der Waals surface area contributed by atoms with Gasteiger partial charge in [0.1, 0.15) is 0 Å². The fourth-order valence-corrected chi connectivity index (χ4v) is 1.43. The van der Waals surface area contributed by atoms with E-state index in [9.17, 15) is 4.79 Å². The van der Waals surface area contributed by atoms with Crippen molar-refractivity contribution < 1.29 is 9.90 Å². The van der Waals surface area contributed by atoms with Crippen molar-refractivity contribution in [3.8, 4) is 0 Å². The minimum absolute atomic E-state index is 0.0251. The van der Waals surface area contributed by atoms with E-state index < -0.39 is 0 Å². The number of aryl methyl sites for hydroxylation is 1. The maximum atomic E-state index is 11.4. The van der Waals surface area contributed by atoms with Crippen molar-refractivity contribution in [1.82, 2.24) is 20.3 Å². The molecule has 1 aromatic rings. The normalized spacial score (nSPS) is 12.4. The summed E-state index contributed by atoms with van der Waals surface area (Å²) in [5.41, 5.74) is 0. The van der Waals surface area contributed by atoms with Crippen LogP contribution in [-0.2, 0) is 11.3 Å². The monoisotopic (exact) mass is 240 g/mol. The Bertz CT molecular complexity index is 313. The number of aliphatic hydroxyl groups is 1. The Morgan fingerprint density at radius 2 is 2.41 bits per heavy atom. The Morgan fingerprint density at radius 3 is 3.06 bits per heavy atom. The van der Waals surface area contributed by atoms with Gasteiger partial charge in [-0.1, -0.05) is 12.1 Å². The van der Waals surface area contributed by atoms with Crippen LogP contribution < -0.4 is 5.32 Å². The summed E-state index contributed by atoms with van der Waals surface area (Å²) in [6.45, 7) is 3.42. The Labute approximate surface area is 101 Å². The topological polar surface area (TPSA) is 80.0 Å². The molecule has 0 bridgehead atoms.